The second-order valence-corrected chi connectivity index (χ2v) is 6.23. The van der Waals surface area contributed by atoms with Gasteiger partial charge in [-0.3, -0.25) is 10.1 Å². The van der Waals surface area contributed by atoms with Crippen molar-refractivity contribution in [3.8, 4) is 0 Å². The third-order valence-electron chi connectivity index (χ3n) is 3.80. The topological polar surface area (TPSA) is 56.2 Å². The molecule has 0 aromatic carbocycles. The van der Waals surface area contributed by atoms with Gasteiger partial charge in [-0.2, -0.15) is 0 Å². The molecule has 1 heterocycles. The maximum absolute atomic E-state index is 12.3. The number of esters is 1. The highest BCUT2D eigenvalue weighted by molar-refractivity contribution is 5.80. The van der Waals surface area contributed by atoms with Crippen LogP contribution in [0.25, 0.3) is 0 Å². The van der Waals surface area contributed by atoms with E-state index in [0.29, 0.717) is 13.0 Å². The Morgan fingerprint density at radius 1 is 1.43 bits per heavy atom. The lowest BCUT2D eigenvalue weighted by atomic mass is 9.92. The van der Waals surface area contributed by atoms with Crippen LogP contribution in [0, 0.1) is 13.8 Å². The number of aromatic nitrogens is 2. The van der Waals surface area contributed by atoms with Crippen molar-refractivity contribution in [2.45, 2.75) is 72.5 Å². The van der Waals surface area contributed by atoms with Crippen LogP contribution in [0.15, 0.2) is 6.33 Å². The molecule has 0 bridgehead atoms. The minimum atomic E-state index is -0.700. The fourth-order valence-electron chi connectivity index (χ4n) is 2.78. The molecule has 0 saturated heterocycles. The second kappa shape index (κ2) is 7.07. The first-order valence-corrected chi connectivity index (χ1v) is 7.66. The number of imidazole rings is 1. The molecule has 1 aromatic rings. The Labute approximate surface area is 128 Å². The zero-order valence-corrected chi connectivity index (χ0v) is 14.4. The Kier molecular flexibility index (Phi) is 5.96. The Morgan fingerprint density at radius 3 is 2.48 bits per heavy atom. The molecule has 21 heavy (non-hydrogen) atoms. The van der Waals surface area contributed by atoms with Crippen molar-refractivity contribution in [1.29, 1.82) is 0 Å². The molecule has 0 aliphatic carbocycles. The van der Waals surface area contributed by atoms with Crippen LogP contribution in [0.2, 0.25) is 0 Å². The molecule has 1 aromatic heterocycles. The van der Waals surface area contributed by atoms with Gasteiger partial charge in [0, 0.05) is 17.8 Å². The first-order valence-electron chi connectivity index (χ1n) is 7.66. The molecule has 0 aliphatic heterocycles. The third kappa shape index (κ3) is 4.30. The zero-order valence-electron chi connectivity index (χ0n) is 14.4. The van der Waals surface area contributed by atoms with Crippen LogP contribution in [0.4, 0.5) is 0 Å². The number of ether oxygens (including phenoxy) is 1. The van der Waals surface area contributed by atoms with Crippen LogP contribution in [0.3, 0.4) is 0 Å². The molecule has 2 unspecified atom stereocenters. The van der Waals surface area contributed by atoms with E-state index in [4.69, 9.17) is 4.74 Å². The molecule has 0 fully saturated rings. The summed E-state index contributed by atoms with van der Waals surface area (Å²) in [4.78, 5) is 16.7. The van der Waals surface area contributed by atoms with E-state index in [-0.39, 0.29) is 18.1 Å². The van der Waals surface area contributed by atoms with Crippen molar-refractivity contribution in [2.24, 2.45) is 0 Å². The molecule has 0 radical (unpaired) electrons. The summed E-state index contributed by atoms with van der Waals surface area (Å²) >= 11 is 0. The number of rotatable bonds is 7. The average Bonchev–Trinajstić information content (AvgIpc) is 2.69. The Morgan fingerprint density at radius 2 is 2.05 bits per heavy atom. The summed E-state index contributed by atoms with van der Waals surface area (Å²) in [6, 6.07) is 0.365. The molecule has 2 atom stereocenters. The van der Waals surface area contributed by atoms with Gasteiger partial charge in [-0.05, 0) is 54.9 Å². The normalized spacial score (nSPS) is 15.8. The zero-order chi connectivity index (χ0) is 16.2. The van der Waals surface area contributed by atoms with E-state index in [1.165, 1.54) is 0 Å². The first kappa shape index (κ1) is 17.7. The lowest BCUT2D eigenvalue weighted by molar-refractivity contribution is -0.151. The van der Waals surface area contributed by atoms with Gasteiger partial charge in [0.05, 0.1) is 18.6 Å². The Bertz CT molecular complexity index is 482. The summed E-state index contributed by atoms with van der Waals surface area (Å²) in [7, 11) is 0. The van der Waals surface area contributed by atoms with E-state index < -0.39 is 5.54 Å². The summed E-state index contributed by atoms with van der Waals surface area (Å²) < 4.78 is 7.37. The van der Waals surface area contributed by atoms with Crippen molar-refractivity contribution in [2.75, 3.05) is 6.61 Å². The van der Waals surface area contributed by atoms with Crippen LogP contribution in [0.5, 0.6) is 0 Å². The van der Waals surface area contributed by atoms with Crippen molar-refractivity contribution >= 4 is 5.97 Å². The van der Waals surface area contributed by atoms with Gasteiger partial charge in [0.15, 0.2) is 0 Å². The van der Waals surface area contributed by atoms with E-state index in [1.54, 1.807) is 0 Å². The number of hydrogen-bond acceptors (Lipinski definition) is 4. The van der Waals surface area contributed by atoms with Gasteiger partial charge in [0.25, 0.3) is 0 Å². The molecule has 0 aliphatic rings. The van der Waals surface area contributed by atoms with E-state index in [1.807, 2.05) is 40.9 Å². The fraction of sp³-hybridized carbons (Fsp3) is 0.750. The smallest absolute Gasteiger partial charge is 0.326 e. The summed E-state index contributed by atoms with van der Waals surface area (Å²) in [5, 5.41) is 3.36. The quantitative estimate of drug-likeness (QED) is 0.786. The average molecular weight is 295 g/mol. The second-order valence-electron chi connectivity index (χ2n) is 6.23. The molecule has 120 valence electrons. The van der Waals surface area contributed by atoms with E-state index >= 15 is 0 Å². The number of nitrogens with zero attached hydrogens (tertiary/aromatic N) is 2. The molecule has 5 heteroatoms. The van der Waals surface area contributed by atoms with Crippen LogP contribution >= 0.6 is 0 Å². The van der Waals surface area contributed by atoms with Crippen LogP contribution < -0.4 is 5.32 Å². The third-order valence-corrected chi connectivity index (χ3v) is 3.80. The summed E-state index contributed by atoms with van der Waals surface area (Å²) in [5.41, 5.74) is 1.46. The Balaban J connectivity index is 2.95. The van der Waals surface area contributed by atoms with Gasteiger partial charge < -0.3 is 9.30 Å². The first-order chi connectivity index (χ1) is 9.71. The highest BCUT2D eigenvalue weighted by atomic mass is 16.5. The Hall–Kier alpha value is -1.36. The van der Waals surface area contributed by atoms with Crippen molar-refractivity contribution in [1.82, 2.24) is 14.9 Å². The van der Waals surface area contributed by atoms with Gasteiger partial charge in [0.1, 0.15) is 5.54 Å². The van der Waals surface area contributed by atoms with Gasteiger partial charge in [-0.25, -0.2) is 4.98 Å². The number of carbonyl (C=O) groups excluding carboxylic acids is 1. The van der Waals surface area contributed by atoms with Crippen molar-refractivity contribution < 1.29 is 9.53 Å². The van der Waals surface area contributed by atoms with Gasteiger partial charge in [0.2, 0.25) is 0 Å². The molecule has 0 saturated carbocycles. The fourth-order valence-corrected chi connectivity index (χ4v) is 2.78. The lowest BCUT2D eigenvalue weighted by Gasteiger charge is -2.33. The number of aryl methyl sites for hydroxylation is 1. The highest BCUT2D eigenvalue weighted by Gasteiger charge is 2.37. The van der Waals surface area contributed by atoms with E-state index in [2.05, 4.69) is 28.7 Å². The SMILES string of the molecule is CCOC(=O)C(C)(CC(C)n1cnc(C)c1C)NC(C)C. The summed E-state index contributed by atoms with van der Waals surface area (Å²) in [5.74, 6) is -0.194. The molecular weight excluding hydrogens is 266 g/mol. The predicted octanol–water partition coefficient (Wildman–Crippen LogP) is 2.77. The number of carbonyl (C=O) groups is 1. The van der Waals surface area contributed by atoms with Crippen LogP contribution in [0.1, 0.15) is 58.5 Å². The molecule has 0 amide bonds. The van der Waals surface area contributed by atoms with Crippen molar-refractivity contribution in [3.63, 3.8) is 0 Å². The van der Waals surface area contributed by atoms with E-state index in [9.17, 15) is 4.79 Å². The molecule has 5 nitrogen and oxygen atoms in total. The van der Waals surface area contributed by atoms with Gasteiger partial charge in [-0.1, -0.05) is 0 Å². The molecule has 0 spiro atoms. The molecular formula is C16H29N3O2. The molecule has 1 rings (SSSR count). The minimum absolute atomic E-state index is 0.159. The monoisotopic (exact) mass is 295 g/mol. The van der Waals surface area contributed by atoms with Gasteiger partial charge >= 0.3 is 5.97 Å². The lowest BCUT2D eigenvalue weighted by Crippen LogP contribution is -2.54. The summed E-state index contributed by atoms with van der Waals surface area (Å²) in [6.45, 7) is 14.4. The van der Waals surface area contributed by atoms with Crippen LogP contribution in [-0.4, -0.2) is 33.7 Å². The maximum atomic E-state index is 12.3. The summed E-state index contributed by atoms with van der Waals surface area (Å²) in [6.07, 6.45) is 2.50. The largest absolute Gasteiger partial charge is 0.465 e. The van der Waals surface area contributed by atoms with E-state index in [0.717, 1.165) is 11.4 Å². The standard InChI is InChI=1S/C16H29N3O2/c1-8-21-15(20)16(7,18-11(2)3)9-12(4)19-10-17-13(5)14(19)6/h10-12,18H,8-9H2,1-7H3. The number of nitrogens with one attached hydrogen (secondary N) is 1. The van der Waals surface area contributed by atoms with Crippen molar-refractivity contribution in [3.05, 3.63) is 17.7 Å². The minimum Gasteiger partial charge on any atom is -0.465 e. The number of hydrogen-bond donors (Lipinski definition) is 1. The van der Waals surface area contributed by atoms with Gasteiger partial charge in [-0.15, -0.1) is 0 Å². The highest BCUT2D eigenvalue weighted by Crippen LogP contribution is 2.25. The molecule has 1 N–H and O–H groups in total. The van der Waals surface area contributed by atoms with Crippen LogP contribution in [-0.2, 0) is 9.53 Å². The maximum Gasteiger partial charge on any atom is 0.326 e. The predicted molar refractivity (Wildman–Crippen MR) is 84.3 cm³/mol.